The number of aromatic nitrogens is 2. The summed E-state index contributed by atoms with van der Waals surface area (Å²) in [5, 5.41) is 4.14. The van der Waals surface area contributed by atoms with Gasteiger partial charge in [-0.25, -0.2) is 0 Å². The maximum absolute atomic E-state index is 12.5. The molecule has 0 saturated carbocycles. The van der Waals surface area contributed by atoms with Gasteiger partial charge in [0.15, 0.2) is 0 Å². The molecule has 0 atom stereocenters. The van der Waals surface area contributed by atoms with Gasteiger partial charge in [0.05, 0.1) is 12.1 Å². The molecule has 0 fully saturated rings. The van der Waals surface area contributed by atoms with E-state index in [9.17, 15) is 4.79 Å². The third-order valence-corrected chi connectivity index (χ3v) is 3.58. The van der Waals surface area contributed by atoms with E-state index in [-0.39, 0.29) is 5.91 Å². The van der Waals surface area contributed by atoms with Crippen LogP contribution in [-0.2, 0) is 13.5 Å². The fraction of sp³-hybridized carbons (Fsp3) is 0.333. The van der Waals surface area contributed by atoms with Crippen molar-refractivity contribution in [3.05, 3.63) is 47.8 Å². The van der Waals surface area contributed by atoms with Crippen molar-refractivity contribution in [1.29, 1.82) is 0 Å². The lowest BCUT2D eigenvalue weighted by Crippen LogP contribution is -2.34. The highest BCUT2D eigenvalue weighted by Gasteiger charge is 2.22. The SMILES string of the molecule is Cn1nccc1CCN1CCOc2ccccc2C1=O. The topological polar surface area (TPSA) is 47.4 Å². The predicted octanol–water partition coefficient (Wildman–Crippen LogP) is 1.50. The maximum Gasteiger partial charge on any atom is 0.257 e. The number of rotatable bonds is 3. The van der Waals surface area contributed by atoms with Crippen molar-refractivity contribution < 1.29 is 9.53 Å². The van der Waals surface area contributed by atoms with Gasteiger partial charge in [-0.1, -0.05) is 12.1 Å². The summed E-state index contributed by atoms with van der Waals surface area (Å²) in [5.74, 6) is 0.723. The van der Waals surface area contributed by atoms with Crippen molar-refractivity contribution in [3.8, 4) is 5.75 Å². The molecule has 3 rings (SSSR count). The second-order valence-electron chi connectivity index (χ2n) is 4.83. The smallest absolute Gasteiger partial charge is 0.257 e. The quantitative estimate of drug-likeness (QED) is 0.850. The molecule has 20 heavy (non-hydrogen) atoms. The average Bonchev–Trinajstić information content (AvgIpc) is 2.80. The van der Waals surface area contributed by atoms with Crippen LogP contribution in [0.3, 0.4) is 0 Å². The van der Waals surface area contributed by atoms with Crippen molar-refractivity contribution >= 4 is 5.91 Å². The summed E-state index contributed by atoms with van der Waals surface area (Å²) in [4.78, 5) is 14.4. The zero-order chi connectivity index (χ0) is 13.9. The van der Waals surface area contributed by atoms with E-state index in [2.05, 4.69) is 5.10 Å². The number of benzene rings is 1. The van der Waals surface area contributed by atoms with Crippen LogP contribution in [0.1, 0.15) is 16.1 Å². The summed E-state index contributed by atoms with van der Waals surface area (Å²) in [6.07, 6.45) is 2.57. The largest absolute Gasteiger partial charge is 0.491 e. The molecule has 5 nitrogen and oxygen atoms in total. The lowest BCUT2D eigenvalue weighted by molar-refractivity contribution is 0.0757. The fourth-order valence-electron chi connectivity index (χ4n) is 2.42. The number of carbonyl (C=O) groups excluding carboxylic acids is 1. The van der Waals surface area contributed by atoms with Crippen molar-refractivity contribution in [2.45, 2.75) is 6.42 Å². The highest BCUT2D eigenvalue weighted by atomic mass is 16.5. The zero-order valence-electron chi connectivity index (χ0n) is 11.5. The second-order valence-corrected chi connectivity index (χ2v) is 4.83. The number of para-hydroxylation sites is 1. The van der Waals surface area contributed by atoms with Crippen LogP contribution in [0, 0.1) is 0 Å². The molecule has 0 aliphatic carbocycles. The second kappa shape index (κ2) is 5.36. The van der Waals surface area contributed by atoms with Crippen molar-refractivity contribution in [2.24, 2.45) is 7.05 Å². The molecule has 1 aliphatic heterocycles. The Kier molecular flexibility index (Phi) is 3.41. The molecule has 0 spiro atoms. The van der Waals surface area contributed by atoms with E-state index < -0.39 is 0 Å². The number of nitrogens with zero attached hydrogens (tertiary/aromatic N) is 3. The molecule has 0 N–H and O–H groups in total. The number of ether oxygens (including phenoxy) is 1. The third-order valence-electron chi connectivity index (χ3n) is 3.58. The summed E-state index contributed by atoms with van der Waals surface area (Å²) in [5.41, 5.74) is 1.77. The molecule has 1 amide bonds. The summed E-state index contributed by atoms with van der Waals surface area (Å²) < 4.78 is 7.47. The van der Waals surface area contributed by atoms with Gasteiger partial charge in [-0.05, 0) is 18.2 Å². The summed E-state index contributed by atoms with van der Waals surface area (Å²) in [7, 11) is 1.91. The lowest BCUT2D eigenvalue weighted by Gasteiger charge is -2.19. The van der Waals surface area contributed by atoms with Crippen molar-refractivity contribution in [3.63, 3.8) is 0 Å². The number of fused-ring (bicyclic) bond motifs is 1. The average molecular weight is 271 g/mol. The number of hydrogen-bond donors (Lipinski definition) is 0. The Bertz CT molecular complexity index is 621. The monoisotopic (exact) mass is 271 g/mol. The number of amides is 1. The van der Waals surface area contributed by atoms with Crippen LogP contribution in [-0.4, -0.2) is 40.3 Å². The minimum absolute atomic E-state index is 0.0419. The molecule has 2 heterocycles. The molecule has 1 aromatic carbocycles. The van der Waals surface area contributed by atoms with E-state index in [1.54, 1.807) is 6.20 Å². The number of aryl methyl sites for hydroxylation is 1. The molecule has 0 bridgehead atoms. The van der Waals surface area contributed by atoms with Crippen molar-refractivity contribution in [2.75, 3.05) is 19.7 Å². The number of carbonyl (C=O) groups is 1. The van der Waals surface area contributed by atoms with E-state index in [0.717, 1.165) is 12.1 Å². The molecular weight excluding hydrogens is 254 g/mol. The first-order chi connectivity index (χ1) is 9.75. The van der Waals surface area contributed by atoms with Gasteiger partial charge in [0.25, 0.3) is 5.91 Å². The van der Waals surface area contributed by atoms with Crippen LogP contribution >= 0.6 is 0 Å². The van der Waals surface area contributed by atoms with Gasteiger partial charge < -0.3 is 9.64 Å². The molecule has 2 aromatic rings. The van der Waals surface area contributed by atoms with Crippen LogP contribution in [0.25, 0.3) is 0 Å². The Morgan fingerprint density at radius 3 is 2.95 bits per heavy atom. The Morgan fingerprint density at radius 1 is 1.30 bits per heavy atom. The van der Waals surface area contributed by atoms with Gasteiger partial charge in [-0.15, -0.1) is 0 Å². The van der Waals surface area contributed by atoms with E-state index in [4.69, 9.17) is 4.74 Å². The Labute approximate surface area is 117 Å². The Balaban J connectivity index is 1.74. The highest BCUT2D eigenvalue weighted by molar-refractivity contribution is 5.97. The van der Waals surface area contributed by atoms with Crippen LogP contribution in [0.2, 0.25) is 0 Å². The molecule has 104 valence electrons. The zero-order valence-corrected chi connectivity index (χ0v) is 11.5. The lowest BCUT2D eigenvalue weighted by atomic mass is 10.1. The van der Waals surface area contributed by atoms with Gasteiger partial charge in [0.1, 0.15) is 12.4 Å². The summed E-state index contributed by atoms with van der Waals surface area (Å²) in [6, 6.07) is 9.40. The first-order valence-electron chi connectivity index (χ1n) is 6.73. The van der Waals surface area contributed by atoms with Crippen LogP contribution in [0.5, 0.6) is 5.75 Å². The first-order valence-corrected chi connectivity index (χ1v) is 6.73. The van der Waals surface area contributed by atoms with E-state index in [1.807, 2.05) is 47.0 Å². The molecule has 1 aromatic heterocycles. The van der Waals surface area contributed by atoms with Crippen LogP contribution in [0.4, 0.5) is 0 Å². The first kappa shape index (κ1) is 12.7. The summed E-state index contributed by atoms with van der Waals surface area (Å²) in [6.45, 7) is 1.83. The summed E-state index contributed by atoms with van der Waals surface area (Å²) >= 11 is 0. The molecule has 0 unspecified atom stereocenters. The fourth-order valence-corrected chi connectivity index (χ4v) is 2.42. The molecule has 0 saturated heterocycles. The maximum atomic E-state index is 12.5. The Morgan fingerprint density at radius 2 is 2.15 bits per heavy atom. The van der Waals surface area contributed by atoms with Gasteiger partial charge in [0.2, 0.25) is 0 Å². The minimum atomic E-state index is 0.0419. The highest BCUT2D eigenvalue weighted by Crippen LogP contribution is 2.22. The van der Waals surface area contributed by atoms with Gasteiger partial charge in [0, 0.05) is 31.9 Å². The van der Waals surface area contributed by atoms with Crippen LogP contribution < -0.4 is 4.74 Å². The van der Waals surface area contributed by atoms with Crippen LogP contribution in [0.15, 0.2) is 36.5 Å². The van der Waals surface area contributed by atoms with E-state index in [1.165, 1.54) is 0 Å². The molecule has 1 aliphatic rings. The molecule has 5 heteroatoms. The van der Waals surface area contributed by atoms with Crippen molar-refractivity contribution in [1.82, 2.24) is 14.7 Å². The Hall–Kier alpha value is -2.30. The van der Waals surface area contributed by atoms with E-state index in [0.29, 0.717) is 31.0 Å². The molecule has 0 radical (unpaired) electrons. The van der Waals surface area contributed by atoms with Gasteiger partial charge in [-0.3, -0.25) is 9.48 Å². The van der Waals surface area contributed by atoms with Gasteiger partial charge >= 0.3 is 0 Å². The number of hydrogen-bond acceptors (Lipinski definition) is 3. The van der Waals surface area contributed by atoms with Gasteiger partial charge in [-0.2, -0.15) is 5.10 Å². The van der Waals surface area contributed by atoms with E-state index >= 15 is 0 Å². The predicted molar refractivity (Wildman–Crippen MR) is 74.8 cm³/mol. The molecular formula is C15H17N3O2. The third kappa shape index (κ3) is 2.39. The minimum Gasteiger partial charge on any atom is -0.491 e. The standard InChI is InChI=1S/C15H17N3O2/c1-17-12(6-8-16-17)7-9-18-10-11-20-14-5-3-2-4-13(14)15(18)19/h2-6,8H,7,9-11H2,1H3. The normalized spacial score (nSPS) is 14.7.